The van der Waals surface area contributed by atoms with E-state index in [-0.39, 0.29) is 22.0 Å². The van der Waals surface area contributed by atoms with E-state index in [2.05, 4.69) is 235 Å². The summed E-state index contributed by atoms with van der Waals surface area (Å²) in [7, 11) is 0. The van der Waals surface area contributed by atoms with E-state index in [0.717, 1.165) is 83.5 Å². The van der Waals surface area contributed by atoms with E-state index >= 15 is 0 Å². The Morgan fingerprint density at radius 1 is 0.446 bits per heavy atom. The number of rotatable bonds is 6. The Labute approximate surface area is 382 Å². The second-order valence-corrected chi connectivity index (χ2v) is 20.6. The molecule has 0 unspecified atom stereocenters. The van der Waals surface area contributed by atoms with Crippen LogP contribution in [-0.4, -0.2) is 24.2 Å². The fourth-order valence-corrected chi connectivity index (χ4v) is 9.34. The lowest BCUT2D eigenvalue weighted by molar-refractivity contribution is 0.446. The molecule has 322 valence electrons. The Morgan fingerprint density at radius 2 is 1.08 bits per heavy atom. The summed E-state index contributed by atoms with van der Waals surface area (Å²) in [6, 6.07) is 58.2. The van der Waals surface area contributed by atoms with Gasteiger partial charge in [0.2, 0.25) is 0 Å². The lowest BCUT2D eigenvalue weighted by Crippen LogP contribution is -2.17. The summed E-state index contributed by atoms with van der Waals surface area (Å²) in [6.45, 7) is 20.0. The van der Waals surface area contributed by atoms with Crippen molar-refractivity contribution in [1.82, 2.24) is 19.1 Å². The van der Waals surface area contributed by atoms with E-state index in [4.69, 9.17) is 9.97 Å². The van der Waals surface area contributed by atoms with Crippen molar-refractivity contribution in [1.29, 1.82) is 0 Å². The number of benzene rings is 7. The Balaban J connectivity index is 1.23. The summed E-state index contributed by atoms with van der Waals surface area (Å²) >= 11 is 0. The molecule has 0 fully saturated rings. The van der Waals surface area contributed by atoms with Crippen LogP contribution in [0.4, 0.5) is 0 Å². The van der Waals surface area contributed by atoms with E-state index in [1.54, 1.807) is 0 Å². The largest absolute Gasteiger partial charge is 0.507 e. The molecule has 0 atom stereocenters. The van der Waals surface area contributed by atoms with Gasteiger partial charge in [-0.15, -0.1) is 0 Å². The molecule has 0 amide bonds. The Hall–Kier alpha value is -7.24. The maximum Gasteiger partial charge on any atom is 0.149 e. The minimum atomic E-state index is -0.321. The highest BCUT2D eigenvalue weighted by Crippen LogP contribution is 2.46. The normalized spacial score (nSPS) is 12.4. The van der Waals surface area contributed by atoms with Gasteiger partial charge in [-0.1, -0.05) is 172 Å². The molecule has 1 N–H and O–H groups in total. The first-order chi connectivity index (χ1) is 31.1. The number of hydrogen-bond donors (Lipinski definition) is 1. The summed E-state index contributed by atoms with van der Waals surface area (Å²) in [5.74, 6) is 0.951. The van der Waals surface area contributed by atoms with Crippen LogP contribution in [0.25, 0.3) is 89.1 Å². The molecule has 10 aromatic rings. The number of nitrogens with zero attached hydrogens (tertiary/aromatic N) is 4. The van der Waals surface area contributed by atoms with Gasteiger partial charge >= 0.3 is 0 Å². The quantitative estimate of drug-likeness (QED) is 0.181. The number of para-hydroxylation sites is 3. The van der Waals surface area contributed by atoms with Gasteiger partial charge in [-0.3, -0.25) is 9.55 Å². The molecular weight excluding hydrogens is 793 g/mol. The molecular formula is C60H56N4O. The van der Waals surface area contributed by atoms with E-state index in [1.165, 1.54) is 10.9 Å². The first-order valence-corrected chi connectivity index (χ1v) is 22.7. The fourth-order valence-electron chi connectivity index (χ4n) is 9.34. The zero-order valence-electron chi connectivity index (χ0n) is 38.9. The molecule has 5 nitrogen and oxygen atoms in total. The molecule has 0 bridgehead atoms. The molecule has 0 saturated carbocycles. The smallest absolute Gasteiger partial charge is 0.149 e. The zero-order valence-corrected chi connectivity index (χ0v) is 38.9. The van der Waals surface area contributed by atoms with Gasteiger partial charge in [0.05, 0.1) is 39.0 Å². The third-order valence-electron chi connectivity index (χ3n) is 12.9. The van der Waals surface area contributed by atoms with E-state index in [0.29, 0.717) is 11.4 Å². The Bertz CT molecular complexity index is 3430. The Kier molecular flexibility index (Phi) is 9.95. The summed E-state index contributed by atoms with van der Waals surface area (Å²) in [5.41, 5.74) is 15.7. The molecule has 7 aromatic carbocycles. The van der Waals surface area contributed by atoms with Crippen molar-refractivity contribution in [2.24, 2.45) is 0 Å². The molecule has 5 heteroatoms. The summed E-state index contributed by atoms with van der Waals surface area (Å²) in [5, 5.41) is 14.8. The highest BCUT2D eigenvalue weighted by atomic mass is 16.3. The van der Waals surface area contributed by atoms with E-state index in [1.807, 2.05) is 6.20 Å². The lowest BCUT2D eigenvalue weighted by Gasteiger charge is -2.28. The van der Waals surface area contributed by atoms with Crippen molar-refractivity contribution in [3.63, 3.8) is 0 Å². The van der Waals surface area contributed by atoms with Gasteiger partial charge in [-0.25, -0.2) is 4.98 Å². The van der Waals surface area contributed by atoms with Crippen LogP contribution in [0, 0.1) is 0 Å². The number of aromatic nitrogens is 4. The van der Waals surface area contributed by atoms with Gasteiger partial charge in [-0.05, 0) is 93.1 Å². The molecule has 0 aliphatic rings. The van der Waals surface area contributed by atoms with Gasteiger partial charge in [0.15, 0.2) is 0 Å². The molecule has 0 radical (unpaired) electrons. The third kappa shape index (κ3) is 7.39. The van der Waals surface area contributed by atoms with Crippen LogP contribution >= 0.6 is 0 Å². The van der Waals surface area contributed by atoms with Crippen molar-refractivity contribution in [3.8, 4) is 62.0 Å². The number of imidazole rings is 1. The first-order valence-electron chi connectivity index (χ1n) is 22.7. The predicted molar refractivity (Wildman–Crippen MR) is 273 cm³/mol. The van der Waals surface area contributed by atoms with Crippen LogP contribution in [0.5, 0.6) is 5.75 Å². The van der Waals surface area contributed by atoms with Crippen molar-refractivity contribution < 1.29 is 5.11 Å². The topological polar surface area (TPSA) is 55.9 Å². The maximum absolute atomic E-state index is 12.5. The second kappa shape index (κ2) is 15.5. The minimum Gasteiger partial charge on any atom is -0.507 e. The standard InChI is InChI=1S/C60H56N4O/c1-58(2,3)41-30-31-52(46(33-41)38-20-12-10-13-21-38)64-53-29-19-27-44(55(53)62-57(64)47-34-42(59(4,5)6)35-49(56(47)65)60(7,8)9)39-22-18-23-40(32-39)50-36-54-48(37-61-50)45-26-16-17-28-51(45)63(54)43-24-14-11-15-25-43/h10-37,65H,1-9H3. The number of aromatic hydroxyl groups is 1. The predicted octanol–water partition coefficient (Wildman–Crippen LogP) is 15.8. The second-order valence-electron chi connectivity index (χ2n) is 20.6. The highest BCUT2D eigenvalue weighted by Gasteiger charge is 2.30. The van der Waals surface area contributed by atoms with Gasteiger partial charge in [0, 0.05) is 44.9 Å². The average Bonchev–Trinajstić information content (AvgIpc) is 3.84. The monoisotopic (exact) mass is 848 g/mol. The number of hydrogen-bond acceptors (Lipinski definition) is 3. The number of pyridine rings is 1. The molecule has 65 heavy (non-hydrogen) atoms. The summed E-state index contributed by atoms with van der Waals surface area (Å²) in [4.78, 5) is 10.7. The van der Waals surface area contributed by atoms with Gasteiger partial charge in [-0.2, -0.15) is 0 Å². The maximum atomic E-state index is 12.5. The lowest BCUT2D eigenvalue weighted by atomic mass is 9.79. The van der Waals surface area contributed by atoms with Crippen LogP contribution in [0.2, 0.25) is 0 Å². The van der Waals surface area contributed by atoms with Crippen LogP contribution in [0.1, 0.15) is 79.0 Å². The molecule has 3 heterocycles. The minimum absolute atomic E-state index is 0.0709. The molecule has 0 aliphatic carbocycles. The van der Waals surface area contributed by atoms with Crippen molar-refractivity contribution in [2.75, 3.05) is 0 Å². The fraction of sp³-hybridized carbons (Fsp3) is 0.200. The van der Waals surface area contributed by atoms with Crippen LogP contribution in [-0.2, 0) is 16.2 Å². The molecule has 0 aliphatic heterocycles. The van der Waals surface area contributed by atoms with Gasteiger partial charge in [0.25, 0.3) is 0 Å². The molecule has 10 rings (SSSR count). The zero-order chi connectivity index (χ0) is 45.4. The highest BCUT2D eigenvalue weighted by molar-refractivity contribution is 6.09. The van der Waals surface area contributed by atoms with Crippen LogP contribution in [0.15, 0.2) is 170 Å². The average molecular weight is 849 g/mol. The van der Waals surface area contributed by atoms with E-state index < -0.39 is 0 Å². The first kappa shape index (κ1) is 41.8. The number of phenolic OH excluding ortho intramolecular Hbond substituents is 1. The summed E-state index contributed by atoms with van der Waals surface area (Å²) in [6.07, 6.45) is 2.02. The van der Waals surface area contributed by atoms with Crippen molar-refractivity contribution in [3.05, 3.63) is 187 Å². The van der Waals surface area contributed by atoms with Crippen molar-refractivity contribution >= 4 is 32.8 Å². The molecule has 0 saturated heterocycles. The summed E-state index contributed by atoms with van der Waals surface area (Å²) < 4.78 is 4.62. The SMILES string of the molecule is CC(C)(C)c1ccc(-n2c(-c3cc(C(C)(C)C)cc(C(C)(C)C)c3O)nc3c(-c4cccc(-c5cc6c(cn5)c5ccccc5n6-c5ccccc5)c4)cccc32)c(-c2ccccc2)c1. The van der Waals surface area contributed by atoms with Crippen LogP contribution < -0.4 is 0 Å². The van der Waals surface area contributed by atoms with Crippen LogP contribution in [0.3, 0.4) is 0 Å². The van der Waals surface area contributed by atoms with E-state index in [9.17, 15) is 5.11 Å². The number of phenols is 1. The number of fused-ring (bicyclic) bond motifs is 4. The molecule has 3 aromatic heterocycles. The van der Waals surface area contributed by atoms with Crippen molar-refractivity contribution in [2.45, 2.75) is 78.6 Å². The molecule has 0 spiro atoms. The Morgan fingerprint density at radius 3 is 1.80 bits per heavy atom. The van der Waals surface area contributed by atoms with Gasteiger partial charge in [0.1, 0.15) is 11.6 Å². The van der Waals surface area contributed by atoms with Gasteiger partial charge < -0.3 is 9.67 Å². The third-order valence-corrected chi connectivity index (χ3v) is 12.9.